The Morgan fingerprint density at radius 2 is 2.20 bits per heavy atom. The van der Waals surface area contributed by atoms with E-state index < -0.39 is 6.10 Å². The first-order valence-electron chi connectivity index (χ1n) is 8.39. The number of aliphatic hydroxyl groups is 1. The van der Waals surface area contributed by atoms with E-state index in [1.807, 2.05) is 23.7 Å². The van der Waals surface area contributed by atoms with Crippen LogP contribution in [0.15, 0.2) is 29.3 Å². The molecule has 7 nitrogen and oxygen atoms in total. The van der Waals surface area contributed by atoms with E-state index >= 15 is 0 Å². The zero-order chi connectivity index (χ0) is 17.8. The molecule has 25 heavy (non-hydrogen) atoms. The smallest absolute Gasteiger partial charge is 0.191 e. The second-order valence-corrected chi connectivity index (χ2v) is 6.54. The average Bonchev–Trinajstić information content (AvgIpc) is 3.00. The quantitative estimate of drug-likeness (QED) is 0.571. The minimum atomic E-state index is -0.645. The second-order valence-electron chi connectivity index (χ2n) is 6.10. The van der Waals surface area contributed by atoms with E-state index in [0.717, 1.165) is 36.6 Å². The van der Waals surface area contributed by atoms with Gasteiger partial charge >= 0.3 is 0 Å². The molecule has 134 valence electrons. The van der Waals surface area contributed by atoms with Crippen molar-refractivity contribution in [2.75, 3.05) is 13.6 Å². The van der Waals surface area contributed by atoms with Gasteiger partial charge in [-0.05, 0) is 37.5 Å². The van der Waals surface area contributed by atoms with E-state index in [2.05, 4.69) is 25.7 Å². The Kier molecular flexibility index (Phi) is 5.55. The molecule has 1 aliphatic rings. The summed E-state index contributed by atoms with van der Waals surface area (Å²) in [6.45, 7) is 3.15. The normalized spacial score (nSPS) is 18.6. The van der Waals surface area contributed by atoms with Gasteiger partial charge in [-0.3, -0.25) is 4.99 Å². The number of guanidine groups is 1. The monoisotopic (exact) mass is 362 g/mol. The van der Waals surface area contributed by atoms with Crippen molar-refractivity contribution in [2.24, 2.45) is 4.99 Å². The van der Waals surface area contributed by atoms with Gasteiger partial charge in [0.15, 0.2) is 5.96 Å². The topological polar surface area (TPSA) is 87.4 Å². The maximum absolute atomic E-state index is 10.3. The molecule has 0 saturated heterocycles. The largest absolute Gasteiger partial charge is 0.387 e. The van der Waals surface area contributed by atoms with Gasteiger partial charge in [0.1, 0.15) is 11.6 Å². The molecule has 0 bridgehead atoms. The van der Waals surface area contributed by atoms with Gasteiger partial charge < -0.3 is 15.7 Å². The maximum atomic E-state index is 10.3. The highest BCUT2D eigenvalue weighted by molar-refractivity contribution is 6.30. The molecular formula is C17H23ClN6O. The van der Waals surface area contributed by atoms with Crippen LogP contribution in [-0.4, -0.2) is 39.4 Å². The number of benzene rings is 1. The van der Waals surface area contributed by atoms with Crippen molar-refractivity contribution in [3.63, 3.8) is 0 Å². The molecule has 0 amide bonds. The van der Waals surface area contributed by atoms with Crippen molar-refractivity contribution in [3.05, 3.63) is 46.5 Å². The standard InChI is InChI=1S/C17H23ClN6O/c1-11-21-16-14(4-3-9-24(16)23-11)22-17(19-2)20-10-15(25)12-5-7-13(18)8-6-12/h5-8,14-15,25H,3-4,9-10H2,1-2H3,(H2,19,20,22). The van der Waals surface area contributed by atoms with Gasteiger partial charge in [0, 0.05) is 25.2 Å². The molecular weight excluding hydrogens is 340 g/mol. The third-order valence-electron chi connectivity index (χ3n) is 4.23. The van der Waals surface area contributed by atoms with E-state index in [9.17, 15) is 5.11 Å². The van der Waals surface area contributed by atoms with Crippen LogP contribution in [0.2, 0.25) is 5.02 Å². The first-order chi connectivity index (χ1) is 12.1. The lowest BCUT2D eigenvalue weighted by molar-refractivity contribution is 0.180. The zero-order valence-corrected chi connectivity index (χ0v) is 15.2. The highest BCUT2D eigenvalue weighted by atomic mass is 35.5. The number of hydrogen-bond donors (Lipinski definition) is 3. The van der Waals surface area contributed by atoms with Crippen molar-refractivity contribution in [1.29, 1.82) is 0 Å². The Hall–Kier alpha value is -2.12. The Bertz CT molecular complexity index is 742. The fraction of sp³-hybridized carbons (Fsp3) is 0.471. The number of aliphatic hydroxyl groups excluding tert-OH is 1. The molecule has 0 aliphatic carbocycles. The molecule has 0 fully saturated rings. The number of aryl methyl sites for hydroxylation is 2. The highest BCUT2D eigenvalue weighted by Crippen LogP contribution is 2.23. The molecule has 2 atom stereocenters. The summed E-state index contributed by atoms with van der Waals surface area (Å²) in [5.74, 6) is 2.35. The molecule has 1 aromatic heterocycles. The van der Waals surface area contributed by atoms with Gasteiger partial charge in [-0.25, -0.2) is 9.67 Å². The van der Waals surface area contributed by atoms with Crippen LogP contribution in [0.1, 0.15) is 42.2 Å². The lowest BCUT2D eigenvalue weighted by Gasteiger charge is -2.25. The van der Waals surface area contributed by atoms with Gasteiger partial charge in [-0.2, -0.15) is 5.10 Å². The molecule has 3 N–H and O–H groups in total. The van der Waals surface area contributed by atoms with Crippen molar-refractivity contribution in [1.82, 2.24) is 25.4 Å². The highest BCUT2D eigenvalue weighted by Gasteiger charge is 2.24. The molecule has 8 heteroatoms. The first kappa shape index (κ1) is 17.7. The lowest BCUT2D eigenvalue weighted by Crippen LogP contribution is -2.42. The zero-order valence-electron chi connectivity index (χ0n) is 14.4. The van der Waals surface area contributed by atoms with Crippen LogP contribution in [0.4, 0.5) is 0 Å². The number of fused-ring (bicyclic) bond motifs is 1. The van der Waals surface area contributed by atoms with E-state index in [4.69, 9.17) is 11.6 Å². The Morgan fingerprint density at radius 1 is 1.44 bits per heavy atom. The van der Waals surface area contributed by atoms with Crippen LogP contribution >= 0.6 is 11.6 Å². The van der Waals surface area contributed by atoms with Crippen LogP contribution in [0.3, 0.4) is 0 Å². The summed E-state index contributed by atoms with van der Waals surface area (Å²) in [5, 5.41) is 21.9. The van der Waals surface area contributed by atoms with Crippen molar-refractivity contribution < 1.29 is 5.11 Å². The van der Waals surface area contributed by atoms with Crippen LogP contribution < -0.4 is 10.6 Å². The average molecular weight is 363 g/mol. The fourth-order valence-electron chi connectivity index (χ4n) is 2.96. The number of rotatable bonds is 4. The van der Waals surface area contributed by atoms with E-state index in [0.29, 0.717) is 17.5 Å². The van der Waals surface area contributed by atoms with E-state index in [1.54, 1.807) is 19.2 Å². The van der Waals surface area contributed by atoms with Crippen LogP contribution in [0.25, 0.3) is 0 Å². The summed E-state index contributed by atoms with van der Waals surface area (Å²) in [6, 6.07) is 7.23. The van der Waals surface area contributed by atoms with Crippen molar-refractivity contribution in [2.45, 2.75) is 38.5 Å². The summed E-state index contributed by atoms with van der Waals surface area (Å²) in [4.78, 5) is 8.76. The lowest BCUT2D eigenvalue weighted by atomic mass is 10.1. The summed E-state index contributed by atoms with van der Waals surface area (Å²) >= 11 is 5.88. The predicted molar refractivity (Wildman–Crippen MR) is 97.6 cm³/mol. The molecule has 3 rings (SSSR count). The van der Waals surface area contributed by atoms with Crippen molar-refractivity contribution in [3.8, 4) is 0 Å². The predicted octanol–water partition coefficient (Wildman–Crippen LogP) is 1.97. The molecule has 0 spiro atoms. The Labute approximate surface area is 152 Å². The summed E-state index contributed by atoms with van der Waals surface area (Å²) < 4.78 is 1.95. The first-order valence-corrected chi connectivity index (χ1v) is 8.76. The minimum absolute atomic E-state index is 0.0637. The number of hydrogen-bond acceptors (Lipinski definition) is 4. The number of aliphatic imine (C=N–C) groups is 1. The number of aromatic nitrogens is 3. The second kappa shape index (κ2) is 7.84. The number of nitrogens with one attached hydrogen (secondary N) is 2. The van der Waals surface area contributed by atoms with Crippen molar-refractivity contribution >= 4 is 17.6 Å². The van der Waals surface area contributed by atoms with Gasteiger partial charge in [0.05, 0.1) is 12.1 Å². The van der Waals surface area contributed by atoms with Gasteiger partial charge in [-0.15, -0.1) is 0 Å². The van der Waals surface area contributed by atoms with Gasteiger partial charge in [-0.1, -0.05) is 23.7 Å². The summed E-state index contributed by atoms with van der Waals surface area (Å²) in [7, 11) is 1.71. The third-order valence-corrected chi connectivity index (χ3v) is 4.48. The summed E-state index contributed by atoms with van der Waals surface area (Å²) in [5.41, 5.74) is 0.806. The molecule has 1 aromatic carbocycles. The SMILES string of the molecule is CN=C(NCC(O)c1ccc(Cl)cc1)NC1CCCn2nc(C)nc21. The van der Waals surface area contributed by atoms with E-state index in [-0.39, 0.29) is 6.04 Å². The third kappa shape index (κ3) is 4.29. The van der Waals surface area contributed by atoms with Crippen LogP contribution in [0.5, 0.6) is 0 Å². The van der Waals surface area contributed by atoms with Crippen LogP contribution in [0, 0.1) is 6.92 Å². The molecule has 2 heterocycles. The number of nitrogens with zero attached hydrogens (tertiary/aromatic N) is 4. The Balaban J connectivity index is 1.59. The number of halogens is 1. The molecule has 0 radical (unpaired) electrons. The minimum Gasteiger partial charge on any atom is -0.387 e. The summed E-state index contributed by atoms with van der Waals surface area (Å²) in [6.07, 6.45) is 1.37. The molecule has 1 aliphatic heterocycles. The molecule has 0 saturated carbocycles. The molecule has 2 aromatic rings. The van der Waals surface area contributed by atoms with Gasteiger partial charge in [0.2, 0.25) is 0 Å². The van der Waals surface area contributed by atoms with E-state index in [1.165, 1.54) is 0 Å². The fourth-order valence-corrected chi connectivity index (χ4v) is 3.09. The Morgan fingerprint density at radius 3 is 2.92 bits per heavy atom. The van der Waals surface area contributed by atoms with Gasteiger partial charge in [0.25, 0.3) is 0 Å². The molecule has 2 unspecified atom stereocenters. The van der Waals surface area contributed by atoms with Crippen LogP contribution in [-0.2, 0) is 6.54 Å². The maximum Gasteiger partial charge on any atom is 0.191 e.